The van der Waals surface area contributed by atoms with E-state index in [4.69, 9.17) is 24.5 Å². The summed E-state index contributed by atoms with van der Waals surface area (Å²) in [7, 11) is -2.63. The molecular formula is C42H49F2N9O10S. The maximum atomic E-state index is 14.7. The molecule has 2 fully saturated rings. The van der Waals surface area contributed by atoms with Gasteiger partial charge in [0.15, 0.2) is 5.69 Å². The molecule has 0 aliphatic carbocycles. The molecule has 5 heterocycles. The Balaban J connectivity index is 1.04. The highest BCUT2D eigenvalue weighted by Gasteiger charge is 2.39. The van der Waals surface area contributed by atoms with E-state index in [-0.39, 0.29) is 49.8 Å². The first kappa shape index (κ1) is 45.9. The maximum Gasteiger partial charge on any atom is 0.275 e. The lowest BCUT2D eigenvalue weighted by Crippen LogP contribution is -2.55. The number of nitrogens with zero attached hydrogens (tertiary/aromatic N) is 6. The minimum atomic E-state index is -4.10. The zero-order valence-electron chi connectivity index (χ0n) is 35.4. The first-order chi connectivity index (χ1) is 30.4. The molecule has 0 unspecified atom stereocenters. The number of hydrogen-bond acceptors (Lipinski definition) is 13. The lowest BCUT2D eigenvalue weighted by atomic mass is 9.95. The number of piperazine rings is 1. The lowest BCUT2D eigenvalue weighted by Gasteiger charge is -2.41. The predicted molar refractivity (Wildman–Crippen MR) is 227 cm³/mol. The number of ether oxygens (including phenoxy) is 3. The second kappa shape index (κ2) is 19.0. The molecule has 342 valence electrons. The van der Waals surface area contributed by atoms with Crippen molar-refractivity contribution in [2.24, 2.45) is 5.73 Å². The smallest absolute Gasteiger partial charge is 0.275 e. The number of halogens is 2. The number of aromatic nitrogens is 3. The van der Waals surface area contributed by atoms with Crippen LogP contribution in [0.1, 0.15) is 42.7 Å². The van der Waals surface area contributed by atoms with Gasteiger partial charge in [0, 0.05) is 99.2 Å². The summed E-state index contributed by atoms with van der Waals surface area (Å²) in [6, 6.07) is 6.95. The quantitative estimate of drug-likeness (QED) is 0.133. The Labute approximate surface area is 367 Å². The Morgan fingerprint density at radius 1 is 0.969 bits per heavy atom. The number of pyridine rings is 1. The Kier molecular flexibility index (Phi) is 13.6. The molecule has 22 heteroatoms. The van der Waals surface area contributed by atoms with Gasteiger partial charge in [0.25, 0.3) is 16.0 Å². The molecule has 3 aliphatic rings. The summed E-state index contributed by atoms with van der Waals surface area (Å²) in [5.41, 5.74) is 7.99. The number of methoxy groups -OCH3 is 1. The van der Waals surface area contributed by atoms with Gasteiger partial charge >= 0.3 is 0 Å². The van der Waals surface area contributed by atoms with E-state index in [2.05, 4.69) is 20.7 Å². The topological polar surface area (TPSA) is 241 Å². The number of rotatable bonds is 14. The SMILES string of the molecule is COc1cc2c(cc1-c1cncc(NC(=O)CCC(=O)NC[C@H](N)C(=O)N3CCN(CCS(=O)(=O)O)CC3)c1)-c1c(c(C(=O)N3CCOCC3(C)C)nn1-c1cc(F)cc(F)c1)CO2. The van der Waals surface area contributed by atoms with Gasteiger partial charge < -0.3 is 40.4 Å². The van der Waals surface area contributed by atoms with Crippen molar-refractivity contribution in [2.45, 2.75) is 44.9 Å². The van der Waals surface area contributed by atoms with Crippen molar-refractivity contribution in [1.29, 1.82) is 0 Å². The Morgan fingerprint density at radius 3 is 2.38 bits per heavy atom. The second-order valence-electron chi connectivity index (χ2n) is 16.2. The highest BCUT2D eigenvalue weighted by molar-refractivity contribution is 7.85. The standard InChI is InChI=1S/C42H49F2N9O10S/c1-42(2)24-62-12-10-52(42)41(57)38-32-23-63-35-19-34(61-3)30(18-31(35)39(32)53(49-38)29-16-26(43)15-27(44)17-29)25-14-28(21-46-20-25)48-37(55)5-4-36(54)47-22-33(45)40(56)51-8-6-50(7-9-51)11-13-64(58,59)60/h14-21,33H,4-13,22-24,45H2,1-3H3,(H,47,54)(H,48,55)(H,58,59,60)/t33-/m0/s1. The van der Waals surface area contributed by atoms with Gasteiger partial charge in [-0.1, -0.05) is 0 Å². The van der Waals surface area contributed by atoms with Gasteiger partial charge in [-0.05, 0) is 38.1 Å². The van der Waals surface area contributed by atoms with Gasteiger partial charge in [0.2, 0.25) is 17.7 Å². The third kappa shape index (κ3) is 10.5. The molecule has 64 heavy (non-hydrogen) atoms. The van der Waals surface area contributed by atoms with Gasteiger partial charge in [0.05, 0.1) is 54.9 Å². The third-order valence-corrected chi connectivity index (χ3v) is 11.9. The van der Waals surface area contributed by atoms with Gasteiger partial charge in [-0.3, -0.25) is 33.6 Å². The van der Waals surface area contributed by atoms with E-state index in [1.807, 2.05) is 18.7 Å². The molecular weight excluding hydrogens is 861 g/mol. The molecule has 1 atom stereocenters. The Bertz CT molecular complexity index is 2550. The molecule has 0 spiro atoms. The van der Waals surface area contributed by atoms with Crippen molar-refractivity contribution in [3.63, 3.8) is 0 Å². The van der Waals surface area contributed by atoms with Crippen LogP contribution in [0, 0.1) is 11.6 Å². The fourth-order valence-electron chi connectivity index (χ4n) is 7.83. The number of carbonyl (C=O) groups excluding carboxylic acids is 4. The molecule has 19 nitrogen and oxygen atoms in total. The fourth-order valence-corrected chi connectivity index (χ4v) is 8.32. The van der Waals surface area contributed by atoms with E-state index in [9.17, 15) is 36.4 Å². The molecule has 0 radical (unpaired) electrons. The fraction of sp³-hybridized carbons (Fsp3) is 0.429. The highest BCUT2D eigenvalue weighted by Crippen LogP contribution is 2.46. The first-order valence-corrected chi connectivity index (χ1v) is 22.1. The summed E-state index contributed by atoms with van der Waals surface area (Å²) in [4.78, 5) is 62.1. The summed E-state index contributed by atoms with van der Waals surface area (Å²) >= 11 is 0. The van der Waals surface area contributed by atoms with E-state index >= 15 is 0 Å². The van der Waals surface area contributed by atoms with Crippen LogP contribution < -0.4 is 25.8 Å². The normalized spacial score (nSPS) is 16.5. The van der Waals surface area contributed by atoms with Crippen molar-refractivity contribution >= 4 is 39.4 Å². The molecule has 4 aromatic rings. The molecule has 0 saturated carbocycles. The van der Waals surface area contributed by atoms with Gasteiger partial charge in [-0.2, -0.15) is 13.5 Å². The van der Waals surface area contributed by atoms with Crippen molar-refractivity contribution in [3.05, 3.63) is 71.7 Å². The van der Waals surface area contributed by atoms with Crippen LogP contribution >= 0.6 is 0 Å². The number of benzene rings is 2. The lowest BCUT2D eigenvalue weighted by molar-refractivity contribution is -0.134. The summed E-state index contributed by atoms with van der Waals surface area (Å²) in [5, 5.41) is 10.0. The Hall–Kier alpha value is -6.07. The van der Waals surface area contributed by atoms with Crippen LogP contribution in [0.15, 0.2) is 48.8 Å². The summed E-state index contributed by atoms with van der Waals surface area (Å²) in [6.45, 7) is 5.99. The maximum absolute atomic E-state index is 14.7. The van der Waals surface area contributed by atoms with E-state index in [0.717, 1.165) is 18.2 Å². The van der Waals surface area contributed by atoms with E-state index < -0.39 is 56.8 Å². The van der Waals surface area contributed by atoms with E-state index in [0.29, 0.717) is 91.1 Å². The van der Waals surface area contributed by atoms with E-state index in [1.165, 1.54) is 22.9 Å². The van der Waals surface area contributed by atoms with E-state index in [1.54, 1.807) is 29.3 Å². The van der Waals surface area contributed by atoms with Gasteiger partial charge in [-0.15, -0.1) is 0 Å². The number of fused-ring (bicyclic) bond motifs is 3. The monoisotopic (exact) mass is 909 g/mol. The van der Waals surface area contributed by atoms with Crippen molar-refractivity contribution < 1.29 is 55.1 Å². The van der Waals surface area contributed by atoms with Crippen LogP contribution in [0.4, 0.5) is 14.5 Å². The van der Waals surface area contributed by atoms with Crippen molar-refractivity contribution in [3.8, 4) is 39.6 Å². The average Bonchev–Trinajstić information content (AvgIpc) is 3.66. The minimum Gasteiger partial charge on any atom is -0.496 e. The Morgan fingerprint density at radius 2 is 1.69 bits per heavy atom. The summed E-state index contributed by atoms with van der Waals surface area (Å²) < 4.78 is 79.4. The van der Waals surface area contributed by atoms with Gasteiger partial charge in [0.1, 0.15) is 35.8 Å². The van der Waals surface area contributed by atoms with Crippen LogP contribution in [0.25, 0.3) is 28.1 Å². The zero-order chi connectivity index (χ0) is 45.9. The zero-order valence-corrected chi connectivity index (χ0v) is 36.3. The van der Waals surface area contributed by atoms with Crippen molar-refractivity contribution in [1.82, 2.24) is 34.8 Å². The number of nitrogens with two attached hydrogens (primary N) is 1. The number of morpholine rings is 1. The van der Waals surface area contributed by atoms with Crippen LogP contribution in [0.5, 0.6) is 11.5 Å². The number of amides is 4. The van der Waals surface area contributed by atoms with Crippen LogP contribution in [0.3, 0.4) is 0 Å². The highest BCUT2D eigenvalue weighted by atomic mass is 32.2. The number of anilines is 1. The second-order valence-corrected chi connectivity index (χ2v) is 17.8. The molecule has 2 saturated heterocycles. The molecule has 2 aromatic carbocycles. The summed E-state index contributed by atoms with van der Waals surface area (Å²) in [6.07, 6.45) is 2.55. The van der Waals surface area contributed by atoms with Crippen LogP contribution in [-0.2, 0) is 35.8 Å². The number of nitrogens with one attached hydrogen (secondary N) is 2. The molecule has 0 bridgehead atoms. The van der Waals surface area contributed by atoms with Crippen LogP contribution in [-0.4, -0.2) is 150 Å². The third-order valence-electron chi connectivity index (χ3n) is 11.2. The molecule has 5 N–H and O–H groups in total. The molecule has 3 aliphatic heterocycles. The number of carbonyl (C=O) groups is 4. The molecule has 2 aromatic heterocycles. The number of hydrogen-bond donors (Lipinski definition) is 4. The summed E-state index contributed by atoms with van der Waals surface area (Å²) in [5.74, 6) is -3.14. The van der Waals surface area contributed by atoms with Gasteiger partial charge in [-0.25, -0.2) is 13.5 Å². The average molecular weight is 910 g/mol. The van der Waals surface area contributed by atoms with Crippen LogP contribution in [0.2, 0.25) is 0 Å². The largest absolute Gasteiger partial charge is 0.496 e. The molecule has 4 amide bonds. The minimum absolute atomic E-state index is 0.0416. The predicted octanol–water partition coefficient (Wildman–Crippen LogP) is 2.23. The van der Waals surface area contributed by atoms with Crippen molar-refractivity contribution in [2.75, 3.05) is 77.2 Å². The molecule has 7 rings (SSSR count). The first-order valence-electron chi connectivity index (χ1n) is 20.5.